The van der Waals surface area contributed by atoms with Gasteiger partial charge in [0.15, 0.2) is 6.29 Å². The van der Waals surface area contributed by atoms with Crippen LogP contribution >= 0.6 is 0 Å². The molecule has 0 bridgehead atoms. The zero-order chi connectivity index (χ0) is 13.2. The van der Waals surface area contributed by atoms with Gasteiger partial charge in [-0.2, -0.15) is 13.2 Å². The largest absolute Gasteiger partial charge is 0.417 e. The van der Waals surface area contributed by atoms with Gasteiger partial charge in [0, 0.05) is 23.9 Å². The maximum atomic E-state index is 12.6. The van der Waals surface area contributed by atoms with Gasteiger partial charge in [-0.1, -0.05) is 0 Å². The fraction of sp³-hybridized carbons (Fsp3) is 0.333. The van der Waals surface area contributed by atoms with Crippen LogP contribution in [0, 0.1) is 0 Å². The van der Waals surface area contributed by atoms with Crippen LogP contribution in [0.1, 0.15) is 33.6 Å². The summed E-state index contributed by atoms with van der Waals surface area (Å²) in [6, 6.07) is 0. The summed E-state index contributed by atoms with van der Waals surface area (Å²) in [5.41, 5.74) is 0.801. The van der Waals surface area contributed by atoms with Crippen LogP contribution in [0.5, 0.6) is 0 Å². The predicted molar refractivity (Wildman–Crippen MR) is 47.5 cm³/mol. The molecule has 0 amide bonds. The minimum atomic E-state index is -5.06. The smallest absolute Gasteiger partial charge is 0.325 e. The normalized spacial score (nSPS) is 11.9. The number of halogens is 5. The summed E-state index contributed by atoms with van der Waals surface area (Å²) in [5, 5.41) is 0. The van der Waals surface area contributed by atoms with Crippen molar-refractivity contribution in [3.05, 3.63) is 28.6 Å². The van der Waals surface area contributed by atoms with Gasteiger partial charge in [-0.15, -0.1) is 0 Å². The molecule has 1 aromatic rings. The molecule has 8 heteroatoms. The number of aromatic nitrogens is 1. The molecule has 0 aliphatic rings. The molecule has 1 aromatic heterocycles. The number of nitrogens with zero attached hydrogens (tertiary/aromatic N) is 1. The van der Waals surface area contributed by atoms with Gasteiger partial charge in [0.05, 0.1) is 11.3 Å². The second kappa shape index (κ2) is 4.74. The summed E-state index contributed by atoms with van der Waals surface area (Å²) in [4.78, 5) is 13.9. The van der Waals surface area contributed by atoms with Crippen LogP contribution in [0.25, 0.3) is 0 Å². The Morgan fingerprint density at radius 1 is 1.41 bits per heavy atom. The van der Waals surface area contributed by atoms with Gasteiger partial charge in [-0.25, -0.2) is 8.78 Å². The predicted octanol–water partition coefficient (Wildman–Crippen LogP) is 2.31. The van der Waals surface area contributed by atoms with E-state index in [-0.39, 0.29) is 12.0 Å². The molecule has 1 rings (SSSR count). The van der Waals surface area contributed by atoms with Crippen molar-refractivity contribution in [2.24, 2.45) is 5.73 Å². The summed E-state index contributed by atoms with van der Waals surface area (Å²) in [6.07, 6.45) is -8.20. The monoisotopic (exact) mass is 254 g/mol. The first-order valence-corrected chi connectivity index (χ1v) is 4.35. The minimum Gasteiger partial charge on any atom is -0.325 e. The number of alkyl halides is 5. The summed E-state index contributed by atoms with van der Waals surface area (Å²) >= 11 is 0. The molecule has 0 aliphatic carbocycles. The summed E-state index contributed by atoms with van der Waals surface area (Å²) in [7, 11) is 0. The first kappa shape index (κ1) is 13.5. The molecular weight excluding hydrogens is 247 g/mol. The van der Waals surface area contributed by atoms with E-state index in [1.165, 1.54) is 0 Å². The molecule has 0 atom stereocenters. The zero-order valence-corrected chi connectivity index (χ0v) is 8.26. The van der Waals surface area contributed by atoms with E-state index in [4.69, 9.17) is 5.73 Å². The third kappa shape index (κ3) is 2.57. The number of carbonyl (C=O) groups excluding carboxylic acids is 1. The van der Waals surface area contributed by atoms with Gasteiger partial charge in [-0.3, -0.25) is 9.78 Å². The van der Waals surface area contributed by atoms with Crippen molar-refractivity contribution >= 4 is 6.29 Å². The molecule has 2 N–H and O–H groups in total. The second-order valence-corrected chi connectivity index (χ2v) is 3.07. The molecule has 0 saturated carbocycles. The molecule has 94 valence electrons. The van der Waals surface area contributed by atoms with Crippen LogP contribution in [0.4, 0.5) is 22.0 Å². The van der Waals surface area contributed by atoms with Crippen LogP contribution in [0.2, 0.25) is 0 Å². The van der Waals surface area contributed by atoms with Crippen LogP contribution in [0.3, 0.4) is 0 Å². The Kier molecular flexibility index (Phi) is 3.76. The Morgan fingerprint density at radius 3 is 2.35 bits per heavy atom. The van der Waals surface area contributed by atoms with Gasteiger partial charge >= 0.3 is 6.18 Å². The lowest BCUT2D eigenvalue weighted by molar-refractivity contribution is -0.139. The first-order valence-electron chi connectivity index (χ1n) is 4.35. The lowest BCUT2D eigenvalue weighted by Gasteiger charge is -2.16. The van der Waals surface area contributed by atoms with Crippen LogP contribution in [-0.2, 0) is 12.7 Å². The number of carbonyl (C=O) groups is 1. The molecule has 0 aliphatic heterocycles. The molecule has 3 nitrogen and oxygen atoms in total. The molecule has 0 unspecified atom stereocenters. The number of aldehydes is 1. The summed E-state index contributed by atoms with van der Waals surface area (Å²) in [5.74, 6) is 0. The Morgan fingerprint density at radius 2 is 2.00 bits per heavy atom. The van der Waals surface area contributed by atoms with Gasteiger partial charge in [0.25, 0.3) is 6.43 Å². The maximum absolute atomic E-state index is 12.6. The van der Waals surface area contributed by atoms with Gasteiger partial charge in [0.2, 0.25) is 0 Å². The highest BCUT2D eigenvalue weighted by atomic mass is 19.4. The van der Waals surface area contributed by atoms with Crippen molar-refractivity contribution in [2.75, 3.05) is 0 Å². The number of hydrogen-bond acceptors (Lipinski definition) is 3. The van der Waals surface area contributed by atoms with E-state index < -0.39 is 35.8 Å². The van der Waals surface area contributed by atoms with Gasteiger partial charge in [0.1, 0.15) is 0 Å². The van der Waals surface area contributed by atoms with E-state index in [1.807, 2.05) is 0 Å². The summed E-state index contributed by atoms with van der Waals surface area (Å²) < 4.78 is 62.7. The lowest BCUT2D eigenvalue weighted by Crippen LogP contribution is -2.17. The average molecular weight is 254 g/mol. The molecule has 17 heavy (non-hydrogen) atoms. The van der Waals surface area contributed by atoms with Gasteiger partial charge < -0.3 is 5.73 Å². The Bertz CT molecular complexity index is 430. The topological polar surface area (TPSA) is 56.0 Å². The quantitative estimate of drug-likeness (QED) is 0.665. The number of pyridine rings is 1. The van der Waals surface area contributed by atoms with Crippen molar-refractivity contribution < 1.29 is 26.7 Å². The SMILES string of the molecule is NCc1ncc(C(F)F)c(C(F)(F)F)c1C=O. The molecule has 0 spiro atoms. The van der Waals surface area contributed by atoms with E-state index in [0.29, 0.717) is 6.20 Å². The molecule has 1 heterocycles. The molecule has 0 aromatic carbocycles. The van der Waals surface area contributed by atoms with E-state index in [0.717, 1.165) is 0 Å². The highest BCUT2D eigenvalue weighted by Crippen LogP contribution is 2.38. The Balaban J connectivity index is 3.62. The zero-order valence-electron chi connectivity index (χ0n) is 8.26. The fourth-order valence-corrected chi connectivity index (χ4v) is 1.35. The molecule has 0 saturated heterocycles. The van der Waals surface area contributed by atoms with Gasteiger partial charge in [-0.05, 0) is 0 Å². The van der Waals surface area contributed by atoms with E-state index >= 15 is 0 Å². The van der Waals surface area contributed by atoms with Crippen LogP contribution < -0.4 is 5.73 Å². The third-order valence-electron chi connectivity index (χ3n) is 2.06. The molecule has 0 fully saturated rings. The minimum absolute atomic E-state index is 0.163. The van der Waals surface area contributed by atoms with Crippen LogP contribution in [0.15, 0.2) is 6.20 Å². The Hall–Kier alpha value is -1.57. The fourth-order valence-electron chi connectivity index (χ4n) is 1.35. The number of hydrogen-bond donors (Lipinski definition) is 1. The molecular formula is C9H7F5N2O. The van der Waals surface area contributed by atoms with E-state index in [2.05, 4.69) is 4.98 Å². The summed E-state index contributed by atoms with van der Waals surface area (Å²) in [6.45, 7) is -0.444. The third-order valence-corrected chi connectivity index (χ3v) is 2.06. The average Bonchev–Trinajstić information content (AvgIpc) is 2.25. The van der Waals surface area contributed by atoms with E-state index in [9.17, 15) is 26.7 Å². The van der Waals surface area contributed by atoms with Crippen molar-refractivity contribution in [1.82, 2.24) is 4.98 Å². The second-order valence-electron chi connectivity index (χ2n) is 3.07. The maximum Gasteiger partial charge on any atom is 0.417 e. The standard InChI is InChI=1S/C9H7F5N2O/c10-8(11)4-2-16-6(1-15)5(3-17)7(4)9(12,13)14/h2-3,8H,1,15H2. The first-order chi connectivity index (χ1) is 7.82. The van der Waals surface area contributed by atoms with Crippen molar-refractivity contribution in [2.45, 2.75) is 19.1 Å². The number of rotatable bonds is 3. The highest BCUT2D eigenvalue weighted by molar-refractivity contribution is 5.80. The van der Waals surface area contributed by atoms with Crippen molar-refractivity contribution in [1.29, 1.82) is 0 Å². The van der Waals surface area contributed by atoms with Crippen molar-refractivity contribution in [3.63, 3.8) is 0 Å². The lowest BCUT2D eigenvalue weighted by atomic mass is 10.0. The van der Waals surface area contributed by atoms with E-state index in [1.54, 1.807) is 0 Å². The van der Waals surface area contributed by atoms with Crippen LogP contribution in [-0.4, -0.2) is 11.3 Å². The highest BCUT2D eigenvalue weighted by Gasteiger charge is 2.39. The molecule has 0 radical (unpaired) electrons. The Labute approximate surface area is 92.4 Å². The number of nitrogens with two attached hydrogens (primary N) is 1. The van der Waals surface area contributed by atoms with Crippen molar-refractivity contribution in [3.8, 4) is 0 Å².